The standard InChI is InChI=1S/C24H30F3N3O2/c1-31-19-14-18(16-30-21(19)24(25,26)27)15-28-12-9-22(20-6-2-5-11-29-20)10-13-32-23(17-22)7-3-4-8-23/h2,5-6,11,14,16,28H,3-4,7-10,12-13,15,17H2,1H3/t22-/m1/s1. The summed E-state index contributed by atoms with van der Waals surface area (Å²) in [7, 11) is 1.23. The second-order valence-corrected chi connectivity index (χ2v) is 8.98. The summed E-state index contributed by atoms with van der Waals surface area (Å²) in [5.41, 5.74) is 0.657. The third-order valence-corrected chi connectivity index (χ3v) is 6.88. The van der Waals surface area contributed by atoms with Crippen molar-refractivity contribution in [3.05, 3.63) is 53.6 Å². The molecule has 2 aromatic rings. The minimum Gasteiger partial charge on any atom is -0.494 e. The Bertz CT molecular complexity index is 901. The molecule has 1 spiro atoms. The van der Waals surface area contributed by atoms with E-state index in [-0.39, 0.29) is 16.8 Å². The zero-order valence-corrected chi connectivity index (χ0v) is 18.4. The smallest absolute Gasteiger partial charge is 0.437 e. The molecule has 8 heteroatoms. The Morgan fingerprint density at radius 3 is 2.66 bits per heavy atom. The largest absolute Gasteiger partial charge is 0.494 e. The highest BCUT2D eigenvalue weighted by Crippen LogP contribution is 2.49. The van der Waals surface area contributed by atoms with Crippen molar-refractivity contribution in [1.82, 2.24) is 15.3 Å². The number of pyridine rings is 2. The normalized spacial score (nSPS) is 22.9. The van der Waals surface area contributed by atoms with Crippen LogP contribution in [0.4, 0.5) is 13.2 Å². The second-order valence-electron chi connectivity index (χ2n) is 8.98. The Labute approximate surface area is 186 Å². The van der Waals surface area contributed by atoms with Gasteiger partial charge in [-0.3, -0.25) is 4.98 Å². The number of ether oxygens (including phenoxy) is 2. The number of methoxy groups -OCH3 is 1. The van der Waals surface area contributed by atoms with Crippen LogP contribution in [0.5, 0.6) is 5.75 Å². The van der Waals surface area contributed by atoms with E-state index in [4.69, 9.17) is 14.5 Å². The van der Waals surface area contributed by atoms with Crippen molar-refractivity contribution in [1.29, 1.82) is 0 Å². The number of alkyl halides is 3. The summed E-state index contributed by atoms with van der Waals surface area (Å²) < 4.78 is 50.3. The van der Waals surface area contributed by atoms with Crippen LogP contribution >= 0.6 is 0 Å². The molecule has 32 heavy (non-hydrogen) atoms. The first-order valence-corrected chi connectivity index (χ1v) is 11.2. The molecule has 5 nitrogen and oxygen atoms in total. The average molecular weight is 450 g/mol. The van der Waals surface area contributed by atoms with Crippen LogP contribution in [0.1, 0.15) is 61.9 Å². The third-order valence-electron chi connectivity index (χ3n) is 6.88. The number of rotatable bonds is 7. The number of aromatic nitrogens is 2. The fourth-order valence-electron chi connectivity index (χ4n) is 5.31. The zero-order valence-electron chi connectivity index (χ0n) is 18.4. The highest BCUT2D eigenvalue weighted by Gasteiger charge is 2.48. The van der Waals surface area contributed by atoms with E-state index in [9.17, 15) is 13.2 Å². The first kappa shape index (κ1) is 23.0. The second kappa shape index (κ2) is 9.35. The Morgan fingerprint density at radius 2 is 1.97 bits per heavy atom. The lowest BCUT2D eigenvalue weighted by molar-refractivity contribution is -0.142. The molecule has 2 aliphatic rings. The predicted octanol–water partition coefficient (Wildman–Crippen LogP) is 5.04. The molecule has 0 unspecified atom stereocenters. The van der Waals surface area contributed by atoms with Gasteiger partial charge in [0.25, 0.3) is 0 Å². The first-order chi connectivity index (χ1) is 15.4. The number of nitrogens with one attached hydrogen (secondary N) is 1. The molecular weight excluding hydrogens is 419 g/mol. The van der Waals surface area contributed by atoms with Crippen LogP contribution in [0.25, 0.3) is 0 Å². The molecule has 1 atom stereocenters. The number of hydrogen-bond acceptors (Lipinski definition) is 5. The molecule has 0 bridgehead atoms. The molecule has 0 amide bonds. The molecule has 1 saturated heterocycles. The van der Waals surface area contributed by atoms with Gasteiger partial charge in [-0.05, 0) is 62.4 Å². The fraction of sp³-hybridized carbons (Fsp3) is 0.583. The molecule has 4 rings (SSSR count). The first-order valence-electron chi connectivity index (χ1n) is 11.2. The monoisotopic (exact) mass is 449 g/mol. The van der Waals surface area contributed by atoms with E-state index in [1.165, 1.54) is 32.2 Å². The summed E-state index contributed by atoms with van der Waals surface area (Å²) in [5.74, 6) is -0.255. The summed E-state index contributed by atoms with van der Waals surface area (Å²) in [6.45, 7) is 1.87. The zero-order chi connectivity index (χ0) is 22.7. The average Bonchev–Trinajstić information content (AvgIpc) is 3.23. The maximum atomic E-state index is 13.0. The van der Waals surface area contributed by atoms with Crippen LogP contribution in [0.15, 0.2) is 36.7 Å². The van der Waals surface area contributed by atoms with Crippen molar-refractivity contribution in [2.24, 2.45) is 0 Å². The van der Waals surface area contributed by atoms with E-state index < -0.39 is 11.9 Å². The van der Waals surface area contributed by atoms with Crippen LogP contribution in [-0.2, 0) is 22.9 Å². The van der Waals surface area contributed by atoms with Crippen LogP contribution in [0.2, 0.25) is 0 Å². The minimum atomic E-state index is -4.54. The van der Waals surface area contributed by atoms with Gasteiger partial charge >= 0.3 is 6.18 Å². The Kier molecular flexibility index (Phi) is 6.72. The van der Waals surface area contributed by atoms with Gasteiger partial charge in [0.1, 0.15) is 5.75 Å². The molecule has 2 fully saturated rings. The topological polar surface area (TPSA) is 56.3 Å². The summed E-state index contributed by atoms with van der Waals surface area (Å²) in [6.07, 6.45) is 5.97. The molecular formula is C24H30F3N3O2. The van der Waals surface area contributed by atoms with Crippen molar-refractivity contribution in [2.75, 3.05) is 20.3 Å². The molecule has 3 heterocycles. The van der Waals surface area contributed by atoms with E-state index in [2.05, 4.69) is 16.4 Å². The number of halogens is 3. The molecule has 1 aliphatic carbocycles. The summed E-state index contributed by atoms with van der Waals surface area (Å²) in [5, 5.41) is 3.39. The number of hydrogen-bond donors (Lipinski definition) is 1. The van der Waals surface area contributed by atoms with Crippen molar-refractivity contribution >= 4 is 0 Å². The highest BCUT2D eigenvalue weighted by atomic mass is 19.4. The lowest BCUT2D eigenvalue weighted by atomic mass is 9.68. The molecule has 1 saturated carbocycles. The van der Waals surface area contributed by atoms with Crippen LogP contribution in [0.3, 0.4) is 0 Å². The maximum absolute atomic E-state index is 13.0. The SMILES string of the molecule is COc1cc(CNCC[C@@]2(c3ccccn3)CCOC3(CCCC3)C2)cnc1C(F)(F)F. The lowest BCUT2D eigenvalue weighted by Crippen LogP contribution is -2.47. The van der Waals surface area contributed by atoms with Crippen LogP contribution in [0, 0.1) is 0 Å². The highest BCUT2D eigenvalue weighted by molar-refractivity contribution is 5.33. The van der Waals surface area contributed by atoms with Gasteiger partial charge in [-0.2, -0.15) is 13.2 Å². The Balaban J connectivity index is 1.43. The Hall–Kier alpha value is -2.19. The van der Waals surface area contributed by atoms with E-state index in [0.29, 0.717) is 12.1 Å². The van der Waals surface area contributed by atoms with Gasteiger partial charge in [0, 0.05) is 36.7 Å². The summed E-state index contributed by atoms with van der Waals surface area (Å²) in [4.78, 5) is 8.29. The summed E-state index contributed by atoms with van der Waals surface area (Å²) in [6, 6.07) is 7.48. The fourth-order valence-corrected chi connectivity index (χ4v) is 5.31. The van der Waals surface area contributed by atoms with Gasteiger partial charge in [0.2, 0.25) is 0 Å². The van der Waals surface area contributed by atoms with Crippen molar-refractivity contribution < 1.29 is 22.6 Å². The predicted molar refractivity (Wildman–Crippen MR) is 114 cm³/mol. The molecule has 0 aromatic carbocycles. The van der Waals surface area contributed by atoms with Crippen LogP contribution in [-0.4, -0.2) is 35.8 Å². The molecule has 174 valence electrons. The van der Waals surface area contributed by atoms with E-state index >= 15 is 0 Å². The lowest BCUT2D eigenvalue weighted by Gasteiger charge is -2.46. The quantitative estimate of drug-likeness (QED) is 0.600. The molecule has 1 aliphatic heterocycles. The Morgan fingerprint density at radius 1 is 1.16 bits per heavy atom. The van der Waals surface area contributed by atoms with Gasteiger partial charge in [0.05, 0.1) is 12.7 Å². The van der Waals surface area contributed by atoms with Crippen molar-refractivity contribution in [2.45, 2.75) is 68.7 Å². The number of nitrogens with zero attached hydrogens (tertiary/aromatic N) is 2. The minimum absolute atomic E-state index is 0.0412. The van der Waals surface area contributed by atoms with Gasteiger partial charge < -0.3 is 14.8 Å². The van der Waals surface area contributed by atoms with E-state index in [1.807, 2.05) is 18.3 Å². The van der Waals surface area contributed by atoms with Crippen LogP contribution < -0.4 is 10.1 Å². The van der Waals surface area contributed by atoms with Gasteiger partial charge in [-0.1, -0.05) is 18.9 Å². The molecule has 2 aromatic heterocycles. The molecule has 0 radical (unpaired) electrons. The van der Waals surface area contributed by atoms with E-state index in [1.54, 1.807) is 0 Å². The summed E-state index contributed by atoms with van der Waals surface area (Å²) >= 11 is 0. The van der Waals surface area contributed by atoms with Crippen molar-refractivity contribution in [3.63, 3.8) is 0 Å². The van der Waals surface area contributed by atoms with Gasteiger partial charge in [0.15, 0.2) is 5.69 Å². The maximum Gasteiger partial charge on any atom is 0.437 e. The van der Waals surface area contributed by atoms with E-state index in [0.717, 1.165) is 50.9 Å². The molecule has 1 N–H and O–H groups in total. The van der Waals surface area contributed by atoms with Gasteiger partial charge in [-0.25, -0.2) is 4.98 Å². The van der Waals surface area contributed by atoms with Gasteiger partial charge in [-0.15, -0.1) is 0 Å². The van der Waals surface area contributed by atoms with Crippen molar-refractivity contribution in [3.8, 4) is 5.75 Å². The third kappa shape index (κ3) is 4.91.